The van der Waals surface area contributed by atoms with Crippen molar-refractivity contribution < 1.29 is 9.59 Å². The highest BCUT2D eigenvalue weighted by atomic mass is 16.1. The zero-order valence-electron chi connectivity index (χ0n) is 13.1. The van der Waals surface area contributed by atoms with E-state index in [0.29, 0.717) is 18.4 Å². The standard InChI is InChI=1S/C17H22N2O2/c1-6-14(11(2)3)17(21)18-10-16-12(4)15(8-7-9-20)13(5)19-16/h6,9-10,19H,1,7-8H2,2-5H3. The van der Waals surface area contributed by atoms with E-state index in [2.05, 4.69) is 16.6 Å². The van der Waals surface area contributed by atoms with Crippen molar-refractivity contribution in [1.29, 1.82) is 0 Å². The van der Waals surface area contributed by atoms with Gasteiger partial charge >= 0.3 is 0 Å². The van der Waals surface area contributed by atoms with Crippen molar-refractivity contribution in [2.24, 2.45) is 4.99 Å². The molecule has 0 atom stereocenters. The molecule has 1 amide bonds. The molecule has 112 valence electrons. The van der Waals surface area contributed by atoms with Crippen LogP contribution in [0.15, 0.2) is 28.8 Å². The minimum Gasteiger partial charge on any atom is -0.357 e. The average Bonchev–Trinajstić information content (AvgIpc) is 2.69. The average molecular weight is 286 g/mol. The summed E-state index contributed by atoms with van der Waals surface area (Å²) in [6.45, 7) is 11.3. The molecule has 0 aliphatic carbocycles. The van der Waals surface area contributed by atoms with E-state index < -0.39 is 0 Å². The Morgan fingerprint density at radius 1 is 1.33 bits per heavy atom. The zero-order chi connectivity index (χ0) is 16.0. The fourth-order valence-corrected chi connectivity index (χ4v) is 2.22. The molecule has 4 heteroatoms. The van der Waals surface area contributed by atoms with Crippen LogP contribution in [0.4, 0.5) is 0 Å². The van der Waals surface area contributed by atoms with Crippen LogP contribution in [0.3, 0.4) is 0 Å². The van der Waals surface area contributed by atoms with Crippen LogP contribution in [0, 0.1) is 13.8 Å². The van der Waals surface area contributed by atoms with Gasteiger partial charge in [0.2, 0.25) is 0 Å². The minimum absolute atomic E-state index is 0.300. The Bertz CT molecular complexity index is 615. The van der Waals surface area contributed by atoms with Crippen LogP contribution in [0.5, 0.6) is 0 Å². The number of allylic oxidation sites excluding steroid dienone is 1. The summed E-state index contributed by atoms with van der Waals surface area (Å²) in [5.41, 5.74) is 5.37. The van der Waals surface area contributed by atoms with Crippen molar-refractivity contribution in [1.82, 2.24) is 4.98 Å². The predicted molar refractivity (Wildman–Crippen MR) is 85.8 cm³/mol. The van der Waals surface area contributed by atoms with Gasteiger partial charge in [-0.2, -0.15) is 0 Å². The van der Waals surface area contributed by atoms with Crippen LogP contribution in [-0.2, 0) is 16.0 Å². The Kier molecular flexibility index (Phi) is 6.03. The zero-order valence-corrected chi connectivity index (χ0v) is 13.1. The second kappa shape index (κ2) is 7.53. The highest BCUT2D eigenvalue weighted by Crippen LogP contribution is 2.18. The number of aliphatic imine (C=N–C) groups is 1. The largest absolute Gasteiger partial charge is 0.357 e. The molecule has 1 aromatic rings. The van der Waals surface area contributed by atoms with Crippen molar-refractivity contribution >= 4 is 18.4 Å². The third-order valence-corrected chi connectivity index (χ3v) is 3.43. The summed E-state index contributed by atoms with van der Waals surface area (Å²) < 4.78 is 0. The number of rotatable bonds is 6. The van der Waals surface area contributed by atoms with Gasteiger partial charge in [-0.3, -0.25) is 4.79 Å². The van der Waals surface area contributed by atoms with E-state index in [1.807, 2.05) is 27.7 Å². The van der Waals surface area contributed by atoms with Crippen LogP contribution >= 0.6 is 0 Å². The lowest BCUT2D eigenvalue weighted by atomic mass is 10.1. The normalized spacial score (nSPS) is 10.7. The minimum atomic E-state index is -0.300. The van der Waals surface area contributed by atoms with Crippen molar-refractivity contribution in [3.63, 3.8) is 0 Å². The van der Waals surface area contributed by atoms with Gasteiger partial charge in [0.1, 0.15) is 6.29 Å². The van der Waals surface area contributed by atoms with Crippen LogP contribution < -0.4 is 0 Å². The van der Waals surface area contributed by atoms with E-state index in [9.17, 15) is 9.59 Å². The highest BCUT2D eigenvalue weighted by Gasteiger charge is 2.11. The number of hydrogen-bond donors (Lipinski definition) is 1. The van der Waals surface area contributed by atoms with Crippen LogP contribution in [0.2, 0.25) is 0 Å². The topological polar surface area (TPSA) is 62.3 Å². The molecule has 0 spiro atoms. The van der Waals surface area contributed by atoms with Crippen molar-refractivity contribution in [2.45, 2.75) is 40.5 Å². The quantitative estimate of drug-likeness (QED) is 0.378. The summed E-state index contributed by atoms with van der Waals surface area (Å²) in [4.78, 5) is 29.7. The fraction of sp³-hybridized carbons (Fsp3) is 0.353. The van der Waals surface area contributed by atoms with Gasteiger partial charge in [0.25, 0.3) is 5.91 Å². The van der Waals surface area contributed by atoms with Gasteiger partial charge < -0.3 is 9.78 Å². The number of hydrogen-bond acceptors (Lipinski definition) is 2. The first kappa shape index (κ1) is 16.8. The molecule has 0 unspecified atom stereocenters. The van der Waals surface area contributed by atoms with E-state index in [-0.39, 0.29) is 5.91 Å². The summed E-state index contributed by atoms with van der Waals surface area (Å²) in [5, 5.41) is 0. The molecule has 0 radical (unpaired) electrons. The molecule has 0 saturated heterocycles. The van der Waals surface area contributed by atoms with Crippen molar-refractivity contribution in [2.75, 3.05) is 0 Å². The number of carbonyl (C=O) groups excluding carboxylic acids is 2. The molecular weight excluding hydrogens is 264 g/mol. The lowest BCUT2D eigenvalue weighted by molar-refractivity contribution is -0.114. The Hall–Kier alpha value is -2.23. The Morgan fingerprint density at radius 3 is 2.52 bits per heavy atom. The van der Waals surface area contributed by atoms with E-state index in [1.165, 1.54) is 6.08 Å². The van der Waals surface area contributed by atoms with Crippen molar-refractivity contribution in [3.8, 4) is 0 Å². The molecule has 1 aromatic heterocycles. The maximum atomic E-state index is 12.0. The fourth-order valence-electron chi connectivity index (χ4n) is 2.22. The summed E-state index contributed by atoms with van der Waals surface area (Å²) in [7, 11) is 0. The third-order valence-electron chi connectivity index (χ3n) is 3.43. The molecule has 0 aromatic carbocycles. The highest BCUT2D eigenvalue weighted by molar-refractivity contribution is 6.03. The molecule has 0 aliphatic heterocycles. The Morgan fingerprint density at radius 2 is 2.00 bits per heavy atom. The molecule has 1 rings (SSSR count). The molecule has 0 fully saturated rings. The van der Waals surface area contributed by atoms with E-state index in [4.69, 9.17) is 0 Å². The number of aromatic amines is 1. The predicted octanol–water partition coefficient (Wildman–Crippen LogP) is 3.23. The summed E-state index contributed by atoms with van der Waals surface area (Å²) in [6, 6.07) is 0. The molecule has 1 N–H and O–H groups in total. The maximum Gasteiger partial charge on any atom is 0.276 e. The van der Waals surface area contributed by atoms with Gasteiger partial charge in [0.05, 0.1) is 11.9 Å². The molecule has 4 nitrogen and oxygen atoms in total. The van der Waals surface area contributed by atoms with E-state index in [1.54, 1.807) is 6.21 Å². The number of nitrogens with zero attached hydrogens (tertiary/aromatic N) is 1. The van der Waals surface area contributed by atoms with E-state index in [0.717, 1.165) is 34.4 Å². The maximum absolute atomic E-state index is 12.0. The number of aldehydes is 1. The number of aryl methyl sites for hydroxylation is 1. The first-order valence-corrected chi connectivity index (χ1v) is 6.92. The van der Waals surface area contributed by atoms with Gasteiger partial charge in [-0.25, -0.2) is 4.99 Å². The first-order valence-electron chi connectivity index (χ1n) is 6.92. The summed E-state index contributed by atoms with van der Waals surface area (Å²) >= 11 is 0. The van der Waals surface area contributed by atoms with E-state index >= 15 is 0 Å². The smallest absolute Gasteiger partial charge is 0.276 e. The molecule has 0 bridgehead atoms. The number of nitrogens with one attached hydrogen (secondary N) is 1. The molecular formula is C17H22N2O2. The van der Waals surface area contributed by atoms with Crippen LogP contribution in [0.25, 0.3) is 0 Å². The molecule has 0 saturated carbocycles. The summed E-state index contributed by atoms with van der Waals surface area (Å²) in [6.07, 6.45) is 5.17. The number of amides is 1. The van der Waals surface area contributed by atoms with Crippen molar-refractivity contribution in [3.05, 3.63) is 46.3 Å². The number of aromatic nitrogens is 1. The number of carbonyl (C=O) groups is 2. The number of H-pyrrole nitrogens is 1. The first-order chi connectivity index (χ1) is 9.92. The monoisotopic (exact) mass is 286 g/mol. The molecule has 21 heavy (non-hydrogen) atoms. The molecule has 0 aliphatic rings. The SMILES string of the molecule is C=CC(C(=O)N=Cc1[nH]c(C)c(CCC=O)c1C)=C(C)C. The summed E-state index contributed by atoms with van der Waals surface area (Å²) in [5.74, 6) is -0.300. The van der Waals surface area contributed by atoms with Gasteiger partial charge in [0.15, 0.2) is 0 Å². The second-order valence-electron chi connectivity index (χ2n) is 5.15. The Labute approximate surface area is 125 Å². The molecule has 1 heterocycles. The van der Waals surface area contributed by atoms with Gasteiger partial charge in [-0.05, 0) is 45.2 Å². The lowest BCUT2D eigenvalue weighted by Gasteiger charge is -1.99. The van der Waals surface area contributed by atoms with Gasteiger partial charge in [-0.1, -0.05) is 18.2 Å². The second-order valence-corrected chi connectivity index (χ2v) is 5.15. The van der Waals surface area contributed by atoms with Gasteiger partial charge in [0, 0.05) is 17.7 Å². The van der Waals surface area contributed by atoms with Gasteiger partial charge in [-0.15, -0.1) is 0 Å². The lowest BCUT2D eigenvalue weighted by Crippen LogP contribution is -2.00. The Balaban J connectivity index is 3.01. The van der Waals surface area contributed by atoms with Crippen LogP contribution in [-0.4, -0.2) is 23.4 Å². The third kappa shape index (κ3) is 4.12. The van der Waals surface area contributed by atoms with Crippen LogP contribution in [0.1, 0.15) is 42.8 Å².